The Balaban J connectivity index is 0.00000300. The highest BCUT2D eigenvalue weighted by Crippen LogP contribution is 2.16. The fourth-order valence-electron chi connectivity index (χ4n) is 2.61. The number of aromatic nitrogens is 1. The zero-order valence-corrected chi connectivity index (χ0v) is 19.6. The van der Waals surface area contributed by atoms with E-state index in [1.54, 1.807) is 30.5 Å². The highest BCUT2D eigenvalue weighted by atomic mass is 127. The summed E-state index contributed by atoms with van der Waals surface area (Å²) >= 11 is 1.69. The van der Waals surface area contributed by atoms with Gasteiger partial charge in [0.15, 0.2) is 11.7 Å². The molecule has 2 heterocycles. The molecule has 0 bridgehead atoms. The summed E-state index contributed by atoms with van der Waals surface area (Å²) in [7, 11) is 1.74. The number of aryl methyl sites for hydroxylation is 2. The quantitative estimate of drug-likeness (QED) is 0.256. The molecule has 0 fully saturated rings. The Labute approximate surface area is 191 Å². The lowest BCUT2D eigenvalue weighted by Crippen LogP contribution is -2.36. The van der Waals surface area contributed by atoms with Crippen molar-refractivity contribution in [3.05, 3.63) is 69.6 Å². The number of halogens is 1. The summed E-state index contributed by atoms with van der Waals surface area (Å²) in [6.07, 6.45) is 1.47. The van der Waals surface area contributed by atoms with E-state index in [2.05, 4.69) is 25.9 Å². The Morgan fingerprint density at radius 3 is 2.45 bits per heavy atom. The fourth-order valence-corrected chi connectivity index (χ4v) is 3.49. The molecule has 9 heteroatoms. The van der Waals surface area contributed by atoms with Crippen molar-refractivity contribution in [3.63, 3.8) is 0 Å². The van der Waals surface area contributed by atoms with Crippen molar-refractivity contribution in [2.75, 3.05) is 12.4 Å². The zero-order valence-electron chi connectivity index (χ0n) is 16.5. The number of rotatable bonds is 6. The SMILES string of the molecule is CN=C(NCc1ccc(NC(=O)c2ccco2)cc1)NCc1sc(C)nc1C.I. The number of hydrogen-bond donors (Lipinski definition) is 3. The molecule has 1 aromatic carbocycles. The molecule has 0 aliphatic heterocycles. The lowest BCUT2D eigenvalue weighted by molar-refractivity contribution is 0.0996. The molecule has 0 radical (unpaired) electrons. The predicted molar refractivity (Wildman–Crippen MR) is 127 cm³/mol. The average Bonchev–Trinajstić information content (AvgIpc) is 3.33. The van der Waals surface area contributed by atoms with E-state index in [4.69, 9.17) is 4.42 Å². The Bertz CT molecular complexity index is 952. The van der Waals surface area contributed by atoms with Crippen LogP contribution >= 0.6 is 35.3 Å². The second-order valence-electron chi connectivity index (χ2n) is 6.15. The molecule has 0 atom stereocenters. The Morgan fingerprint density at radius 2 is 1.86 bits per heavy atom. The third-order valence-electron chi connectivity index (χ3n) is 4.06. The minimum atomic E-state index is -0.269. The maximum absolute atomic E-state index is 12.0. The second kappa shape index (κ2) is 11.0. The number of thiazole rings is 1. The first-order chi connectivity index (χ1) is 13.5. The minimum Gasteiger partial charge on any atom is -0.459 e. The standard InChI is InChI=1S/C20H23N5O2S.HI/c1-13-18(28-14(2)24-13)12-23-20(21-3)22-11-15-6-8-16(9-7-15)25-19(26)17-5-4-10-27-17;/h4-10H,11-12H2,1-3H3,(H,25,26)(H2,21,22,23);1H. The van der Waals surface area contributed by atoms with Gasteiger partial charge in [-0.3, -0.25) is 9.79 Å². The van der Waals surface area contributed by atoms with Gasteiger partial charge in [0.2, 0.25) is 0 Å². The van der Waals surface area contributed by atoms with Crippen LogP contribution < -0.4 is 16.0 Å². The molecule has 0 spiro atoms. The van der Waals surface area contributed by atoms with Crippen molar-refractivity contribution in [1.29, 1.82) is 0 Å². The van der Waals surface area contributed by atoms with Crippen LogP contribution in [0.15, 0.2) is 52.1 Å². The summed E-state index contributed by atoms with van der Waals surface area (Å²) in [6, 6.07) is 10.9. The fraction of sp³-hybridized carbons (Fsp3) is 0.250. The van der Waals surface area contributed by atoms with Gasteiger partial charge in [-0.1, -0.05) is 12.1 Å². The van der Waals surface area contributed by atoms with E-state index in [0.29, 0.717) is 18.8 Å². The Kier molecular flexibility index (Phi) is 8.65. The molecule has 1 amide bonds. The molecule has 7 nitrogen and oxygen atoms in total. The minimum absolute atomic E-state index is 0. The number of amides is 1. The van der Waals surface area contributed by atoms with Crippen molar-refractivity contribution >= 4 is 52.9 Å². The maximum Gasteiger partial charge on any atom is 0.291 e. The monoisotopic (exact) mass is 525 g/mol. The van der Waals surface area contributed by atoms with Crippen LogP contribution in [0.1, 0.15) is 31.7 Å². The van der Waals surface area contributed by atoms with Crippen molar-refractivity contribution in [1.82, 2.24) is 15.6 Å². The molecular weight excluding hydrogens is 501 g/mol. The zero-order chi connectivity index (χ0) is 19.9. The van der Waals surface area contributed by atoms with Crippen molar-refractivity contribution in [2.45, 2.75) is 26.9 Å². The number of carbonyl (C=O) groups excluding carboxylic acids is 1. The number of nitrogens with zero attached hydrogens (tertiary/aromatic N) is 2. The third kappa shape index (κ3) is 6.57. The first-order valence-electron chi connectivity index (χ1n) is 8.86. The first kappa shape index (κ1) is 22.9. The summed E-state index contributed by atoms with van der Waals surface area (Å²) in [5.74, 6) is 0.738. The van der Waals surface area contributed by atoms with Crippen LogP contribution in [0.5, 0.6) is 0 Å². The number of furan rings is 1. The summed E-state index contributed by atoms with van der Waals surface area (Å²) in [5, 5.41) is 10.5. The number of hydrogen-bond acceptors (Lipinski definition) is 5. The van der Waals surface area contributed by atoms with E-state index in [1.807, 2.05) is 38.1 Å². The van der Waals surface area contributed by atoms with Crippen molar-refractivity contribution in [2.24, 2.45) is 4.99 Å². The van der Waals surface area contributed by atoms with Crippen LogP contribution in [-0.4, -0.2) is 23.9 Å². The smallest absolute Gasteiger partial charge is 0.291 e. The number of carbonyl (C=O) groups is 1. The highest BCUT2D eigenvalue weighted by Gasteiger charge is 2.09. The molecular formula is C20H24IN5O2S. The lowest BCUT2D eigenvalue weighted by Gasteiger charge is -2.12. The van der Waals surface area contributed by atoms with Crippen LogP contribution in [0.25, 0.3) is 0 Å². The molecule has 0 unspecified atom stereocenters. The van der Waals surface area contributed by atoms with Gasteiger partial charge in [0.05, 0.1) is 23.5 Å². The summed E-state index contributed by atoms with van der Waals surface area (Å²) < 4.78 is 5.09. The van der Waals surface area contributed by atoms with E-state index in [0.717, 1.165) is 22.2 Å². The molecule has 29 heavy (non-hydrogen) atoms. The Hall–Kier alpha value is -2.40. The van der Waals surface area contributed by atoms with Gasteiger partial charge in [0.1, 0.15) is 0 Å². The van der Waals surface area contributed by atoms with Gasteiger partial charge in [0, 0.05) is 24.2 Å². The largest absolute Gasteiger partial charge is 0.459 e. The highest BCUT2D eigenvalue weighted by molar-refractivity contribution is 14.0. The van der Waals surface area contributed by atoms with Crippen LogP contribution in [0, 0.1) is 13.8 Å². The third-order valence-corrected chi connectivity index (χ3v) is 5.13. The van der Waals surface area contributed by atoms with Crippen molar-refractivity contribution in [3.8, 4) is 0 Å². The van der Waals surface area contributed by atoms with E-state index in [1.165, 1.54) is 11.1 Å². The lowest BCUT2D eigenvalue weighted by atomic mass is 10.2. The average molecular weight is 525 g/mol. The van der Waals surface area contributed by atoms with Crippen LogP contribution in [0.4, 0.5) is 5.69 Å². The maximum atomic E-state index is 12.0. The molecule has 3 rings (SSSR count). The van der Waals surface area contributed by atoms with Gasteiger partial charge >= 0.3 is 0 Å². The number of nitrogens with one attached hydrogen (secondary N) is 3. The molecule has 3 aromatic rings. The van der Waals surface area contributed by atoms with Gasteiger partial charge in [0.25, 0.3) is 5.91 Å². The van der Waals surface area contributed by atoms with Gasteiger partial charge in [-0.15, -0.1) is 35.3 Å². The topological polar surface area (TPSA) is 91.5 Å². The van der Waals surface area contributed by atoms with Gasteiger partial charge in [-0.25, -0.2) is 4.98 Å². The molecule has 3 N–H and O–H groups in total. The van der Waals surface area contributed by atoms with Gasteiger partial charge in [-0.2, -0.15) is 0 Å². The number of benzene rings is 1. The van der Waals surface area contributed by atoms with Crippen LogP contribution in [0.2, 0.25) is 0 Å². The van der Waals surface area contributed by atoms with Crippen molar-refractivity contribution < 1.29 is 9.21 Å². The number of anilines is 1. The summed E-state index contributed by atoms with van der Waals surface area (Å²) in [6.45, 7) is 5.33. The van der Waals surface area contributed by atoms with E-state index in [9.17, 15) is 4.79 Å². The molecule has 0 saturated carbocycles. The molecule has 0 aliphatic rings. The van der Waals surface area contributed by atoms with Crippen LogP contribution in [-0.2, 0) is 13.1 Å². The molecule has 154 valence electrons. The molecule has 0 saturated heterocycles. The van der Waals surface area contributed by atoms with Gasteiger partial charge in [-0.05, 0) is 43.7 Å². The normalized spacial score (nSPS) is 10.9. The molecule has 2 aromatic heterocycles. The van der Waals surface area contributed by atoms with Gasteiger partial charge < -0.3 is 20.4 Å². The summed E-state index contributed by atoms with van der Waals surface area (Å²) in [5.41, 5.74) is 2.84. The van der Waals surface area contributed by atoms with Crippen LogP contribution in [0.3, 0.4) is 0 Å². The van der Waals surface area contributed by atoms with E-state index >= 15 is 0 Å². The Morgan fingerprint density at radius 1 is 1.14 bits per heavy atom. The van der Waals surface area contributed by atoms with E-state index in [-0.39, 0.29) is 35.6 Å². The van der Waals surface area contributed by atoms with E-state index < -0.39 is 0 Å². The predicted octanol–water partition coefficient (Wildman–Crippen LogP) is 4.09. The molecule has 0 aliphatic carbocycles. The first-order valence-corrected chi connectivity index (χ1v) is 9.68. The number of aliphatic imine (C=N–C) groups is 1. The number of guanidine groups is 1. The second-order valence-corrected chi connectivity index (χ2v) is 7.44. The summed E-state index contributed by atoms with van der Waals surface area (Å²) in [4.78, 5) is 21.9.